The zero-order chi connectivity index (χ0) is 11.9. The topological polar surface area (TPSA) is 54.0 Å². The van der Waals surface area contributed by atoms with E-state index in [9.17, 15) is 4.79 Å². The van der Waals surface area contributed by atoms with Crippen LogP contribution < -0.4 is 0 Å². The summed E-state index contributed by atoms with van der Waals surface area (Å²) in [5.41, 5.74) is -1.06. The summed E-state index contributed by atoms with van der Waals surface area (Å²) in [5.74, 6) is -0.518. The fourth-order valence-corrected chi connectivity index (χ4v) is 1.68. The maximum atomic E-state index is 10.9. The van der Waals surface area contributed by atoms with Crippen molar-refractivity contribution in [3.8, 4) is 0 Å². The van der Waals surface area contributed by atoms with Crippen molar-refractivity contribution < 1.29 is 23.4 Å². The van der Waals surface area contributed by atoms with Gasteiger partial charge in [0.2, 0.25) is 5.41 Å². The Morgan fingerprint density at radius 3 is 2.27 bits per heavy atom. The number of methoxy groups -OCH3 is 3. The van der Waals surface area contributed by atoms with Gasteiger partial charge in [-0.05, 0) is 6.92 Å². The molecule has 0 bridgehead atoms. The molecule has 0 saturated heterocycles. The van der Waals surface area contributed by atoms with E-state index < -0.39 is 11.4 Å². The van der Waals surface area contributed by atoms with Crippen LogP contribution in [-0.2, 0) is 23.4 Å². The predicted molar refractivity (Wildman–Crippen MR) is 55.3 cm³/mol. The van der Waals surface area contributed by atoms with Crippen molar-refractivity contribution in [1.82, 2.24) is 0 Å². The van der Waals surface area contributed by atoms with Crippen LogP contribution in [0.3, 0.4) is 0 Å². The van der Waals surface area contributed by atoms with Crippen LogP contribution in [0, 0.1) is 0 Å². The lowest BCUT2D eigenvalue weighted by Crippen LogP contribution is -2.52. The quantitative estimate of drug-likeness (QED) is 0.359. The molecular formula is C9H16O5Si. The van der Waals surface area contributed by atoms with Gasteiger partial charge >= 0.3 is 15.7 Å². The Bertz CT molecular complexity index is 215. The largest absolute Gasteiger partial charge is 0.507 e. The number of hydrogen-bond donors (Lipinski definition) is 0. The Morgan fingerprint density at radius 1 is 1.40 bits per heavy atom. The Hall–Kier alpha value is -0.693. The van der Waals surface area contributed by atoms with Crippen molar-refractivity contribution in [3.63, 3.8) is 0 Å². The molecule has 1 atom stereocenters. The van der Waals surface area contributed by atoms with Gasteiger partial charge in [-0.25, -0.2) is 4.79 Å². The molecule has 1 unspecified atom stereocenters. The van der Waals surface area contributed by atoms with E-state index in [1.807, 2.05) is 0 Å². The van der Waals surface area contributed by atoms with Gasteiger partial charge in [0, 0.05) is 27.4 Å². The molecule has 86 valence electrons. The van der Waals surface area contributed by atoms with Crippen LogP contribution in [0.2, 0.25) is 0 Å². The molecule has 2 radical (unpaired) electrons. The number of carbonyl (C=O) groups is 1. The van der Waals surface area contributed by atoms with E-state index in [2.05, 4.69) is 6.58 Å². The van der Waals surface area contributed by atoms with Crippen LogP contribution in [0.4, 0.5) is 0 Å². The van der Waals surface area contributed by atoms with E-state index in [-0.39, 0.29) is 15.9 Å². The summed E-state index contributed by atoms with van der Waals surface area (Å²) in [6.45, 7) is 5.06. The molecule has 0 spiro atoms. The number of hydrogen-bond acceptors (Lipinski definition) is 5. The summed E-state index contributed by atoms with van der Waals surface area (Å²) in [6, 6.07) is 0. The molecule has 15 heavy (non-hydrogen) atoms. The van der Waals surface area contributed by atoms with E-state index >= 15 is 0 Å². The van der Waals surface area contributed by atoms with E-state index in [1.165, 1.54) is 21.3 Å². The third-order valence-electron chi connectivity index (χ3n) is 1.96. The van der Waals surface area contributed by atoms with Gasteiger partial charge in [-0.1, -0.05) is 6.58 Å². The number of rotatable bonds is 7. The van der Waals surface area contributed by atoms with Gasteiger partial charge in [-0.15, -0.1) is 0 Å². The lowest BCUT2D eigenvalue weighted by molar-refractivity contribution is -0.211. The highest BCUT2D eigenvalue weighted by Crippen LogP contribution is 2.17. The van der Waals surface area contributed by atoms with Gasteiger partial charge in [0.1, 0.15) is 6.10 Å². The van der Waals surface area contributed by atoms with Gasteiger partial charge < -0.3 is 18.6 Å². The van der Waals surface area contributed by atoms with Crippen molar-refractivity contribution in [3.05, 3.63) is 12.7 Å². The molecule has 0 aromatic carbocycles. The van der Waals surface area contributed by atoms with Gasteiger partial charge in [0.15, 0.2) is 0 Å². The first-order valence-corrected chi connectivity index (χ1v) is 5.20. The van der Waals surface area contributed by atoms with Crippen molar-refractivity contribution in [2.75, 3.05) is 21.3 Å². The van der Waals surface area contributed by atoms with Gasteiger partial charge in [-0.2, -0.15) is 0 Å². The lowest BCUT2D eigenvalue weighted by atomic mass is 10.4. The molecule has 0 rings (SSSR count). The molecule has 0 aromatic rings. The third-order valence-corrected chi connectivity index (χ3v) is 3.36. The molecule has 0 saturated carbocycles. The Kier molecular flexibility index (Phi) is 6.42. The standard InChI is InChI=1S/C9H16O5Si/c1-6-8(10)14-15-9(12-4,13-5)7(2)11-3/h6-7H,1H2,2-5H3. The second-order valence-corrected chi connectivity index (χ2v) is 3.79. The summed E-state index contributed by atoms with van der Waals surface area (Å²) in [5, 5.41) is 0. The highest BCUT2D eigenvalue weighted by atomic mass is 28.2. The molecule has 0 amide bonds. The van der Waals surface area contributed by atoms with E-state index in [0.29, 0.717) is 0 Å². The van der Waals surface area contributed by atoms with Crippen molar-refractivity contribution in [2.24, 2.45) is 0 Å². The fraction of sp³-hybridized carbons (Fsp3) is 0.667. The summed E-state index contributed by atoms with van der Waals surface area (Å²) < 4.78 is 20.4. The van der Waals surface area contributed by atoms with Crippen LogP contribution in [0.15, 0.2) is 12.7 Å². The minimum Gasteiger partial charge on any atom is -0.507 e. The minimum atomic E-state index is -1.06. The average molecular weight is 232 g/mol. The van der Waals surface area contributed by atoms with Crippen molar-refractivity contribution >= 4 is 15.7 Å². The second kappa shape index (κ2) is 6.73. The SMILES string of the molecule is C=CC(=O)O[Si]C(OC)(OC)C(C)OC. The molecule has 0 aromatic heterocycles. The molecule has 0 aliphatic rings. The molecular weight excluding hydrogens is 216 g/mol. The molecule has 6 heteroatoms. The molecule has 0 heterocycles. The van der Waals surface area contributed by atoms with E-state index in [1.54, 1.807) is 6.92 Å². The van der Waals surface area contributed by atoms with Crippen molar-refractivity contribution in [1.29, 1.82) is 0 Å². The normalized spacial score (nSPS) is 13.3. The van der Waals surface area contributed by atoms with Crippen LogP contribution in [0.5, 0.6) is 0 Å². The maximum Gasteiger partial charge on any atom is 0.389 e. The zero-order valence-electron chi connectivity index (χ0n) is 9.40. The Balaban J connectivity index is 4.49. The van der Waals surface area contributed by atoms with Crippen molar-refractivity contribution in [2.45, 2.75) is 18.4 Å². The average Bonchev–Trinajstić information content (AvgIpc) is 2.29. The van der Waals surface area contributed by atoms with E-state index in [4.69, 9.17) is 18.6 Å². The first-order valence-electron chi connectivity index (χ1n) is 4.29. The van der Waals surface area contributed by atoms with Crippen LogP contribution in [-0.4, -0.2) is 48.6 Å². The maximum absolute atomic E-state index is 10.9. The highest BCUT2D eigenvalue weighted by Gasteiger charge is 2.41. The van der Waals surface area contributed by atoms with E-state index in [0.717, 1.165) is 6.08 Å². The molecule has 0 fully saturated rings. The highest BCUT2D eigenvalue weighted by molar-refractivity contribution is 6.34. The zero-order valence-corrected chi connectivity index (χ0v) is 10.4. The molecule has 0 aliphatic carbocycles. The second-order valence-electron chi connectivity index (χ2n) is 2.68. The smallest absolute Gasteiger partial charge is 0.389 e. The van der Waals surface area contributed by atoms with Crippen LogP contribution >= 0.6 is 0 Å². The summed E-state index contributed by atoms with van der Waals surface area (Å²) in [4.78, 5) is 10.9. The summed E-state index contributed by atoms with van der Waals surface area (Å²) >= 11 is 0. The number of ether oxygens (including phenoxy) is 3. The summed E-state index contributed by atoms with van der Waals surface area (Å²) in [6.07, 6.45) is 0.726. The van der Waals surface area contributed by atoms with Gasteiger partial charge in [0.25, 0.3) is 0 Å². The monoisotopic (exact) mass is 232 g/mol. The third kappa shape index (κ3) is 3.75. The minimum absolute atomic E-state index is 0.322. The number of carbonyl (C=O) groups excluding carboxylic acids is 1. The molecule has 0 aliphatic heterocycles. The lowest BCUT2D eigenvalue weighted by Gasteiger charge is -2.33. The predicted octanol–water partition coefficient (Wildman–Crippen LogP) is 0.316. The molecule has 5 nitrogen and oxygen atoms in total. The van der Waals surface area contributed by atoms with Gasteiger partial charge in [0.05, 0.1) is 0 Å². The first-order chi connectivity index (χ1) is 7.06. The Morgan fingerprint density at radius 2 is 1.93 bits per heavy atom. The van der Waals surface area contributed by atoms with Crippen LogP contribution in [0.1, 0.15) is 6.92 Å². The molecule has 0 N–H and O–H groups in total. The first kappa shape index (κ1) is 14.3. The van der Waals surface area contributed by atoms with Gasteiger partial charge in [-0.3, -0.25) is 0 Å². The fourth-order valence-electron chi connectivity index (χ4n) is 0.900. The van der Waals surface area contributed by atoms with Crippen LogP contribution in [0.25, 0.3) is 0 Å². The Labute approximate surface area is 92.3 Å². The summed E-state index contributed by atoms with van der Waals surface area (Å²) in [7, 11) is 4.13.